The molecule has 112 valence electrons. The minimum Gasteiger partial charge on any atom is -0.340 e. The van der Waals surface area contributed by atoms with Crippen LogP contribution in [0.25, 0.3) is 0 Å². The molecule has 0 aliphatic carbocycles. The molecule has 5 heteroatoms. The summed E-state index contributed by atoms with van der Waals surface area (Å²) in [6.07, 6.45) is 2.16. The zero-order valence-corrected chi connectivity index (χ0v) is 12.9. The second-order valence-corrected chi connectivity index (χ2v) is 5.89. The van der Waals surface area contributed by atoms with Gasteiger partial charge in [0.1, 0.15) is 11.6 Å². The van der Waals surface area contributed by atoms with Gasteiger partial charge in [-0.05, 0) is 19.4 Å². The van der Waals surface area contributed by atoms with Crippen molar-refractivity contribution in [1.82, 2.24) is 10.2 Å². The lowest BCUT2D eigenvalue weighted by Crippen LogP contribution is -2.68. The smallest absolute Gasteiger partial charge is 0.248 e. The topological polar surface area (TPSA) is 49.4 Å². The van der Waals surface area contributed by atoms with Crippen molar-refractivity contribution >= 4 is 23.4 Å². The molecule has 1 aliphatic rings. The molecule has 1 unspecified atom stereocenters. The van der Waals surface area contributed by atoms with E-state index in [1.165, 1.54) is 5.54 Å². The zero-order valence-electron chi connectivity index (χ0n) is 12.2. The normalized spacial score (nSPS) is 21.7. The lowest BCUT2D eigenvalue weighted by Gasteiger charge is -2.42. The maximum Gasteiger partial charge on any atom is 0.248 e. The highest BCUT2D eigenvalue weighted by molar-refractivity contribution is 6.25. The lowest BCUT2D eigenvalue weighted by atomic mass is 9.93. The SMILES string of the molecule is CC1(C)NC(=O)C(Cc2ccccc2)N(C/C=C/Cl)C1=O. The quantitative estimate of drug-likeness (QED) is 0.926. The van der Waals surface area contributed by atoms with Crippen LogP contribution < -0.4 is 5.32 Å². The van der Waals surface area contributed by atoms with Gasteiger partial charge in [-0.2, -0.15) is 0 Å². The van der Waals surface area contributed by atoms with Crippen LogP contribution in [-0.2, 0) is 16.0 Å². The first-order valence-corrected chi connectivity index (χ1v) is 7.31. The maximum atomic E-state index is 12.5. The second-order valence-electron chi connectivity index (χ2n) is 5.64. The summed E-state index contributed by atoms with van der Waals surface area (Å²) in [5.74, 6) is -0.232. The molecule has 4 nitrogen and oxygen atoms in total. The molecule has 1 saturated heterocycles. The molecule has 0 aromatic heterocycles. The van der Waals surface area contributed by atoms with Gasteiger partial charge in [-0.15, -0.1) is 0 Å². The lowest BCUT2D eigenvalue weighted by molar-refractivity contribution is -0.152. The van der Waals surface area contributed by atoms with Crippen LogP contribution in [0.1, 0.15) is 19.4 Å². The Morgan fingerprint density at radius 3 is 2.57 bits per heavy atom. The summed E-state index contributed by atoms with van der Waals surface area (Å²) < 4.78 is 0. The number of nitrogens with zero attached hydrogens (tertiary/aromatic N) is 1. The Kier molecular flexibility index (Phi) is 4.68. The fraction of sp³-hybridized carbons (Fsp3) is 0.375. The van der Waals surface area contributed by atoms with Crippen molar-refractivity contribution in [2.75, 3.05) is 6.54 Å². The predicted molar refractivity (Wildman–Crippen MR) is 82.9 cm³/mol. The van der Waals surface area contributed by atoms with Gasteiger partial charge in [0, 0.05) is 18.5 Å². The molecule has 2 amide bonds. The van der Waals surface area contributed by atoms with Crippen molar-refractivity contribution in [3.8, 4) is 0 Å². The highest BCUT2D eigenvalue weighted by Crippen LogP contribution is 2.20. The molecule has 21 heavy (non-hydrogen) atoms. The van der Waals surface area contributed by atoms with Crippen LogP contribution >= 0.6 is 11.6 Å². The van der Waals surface area contributed by atoms with Gasteiger partial charge in [0.15, 0.2) is 0 Å². The van der Waals surface area contributed by atoms with Crippen LogP contribution in [0.3, 0.4) is 0 Å². The average molecular weight is 307 g/mol. The molecule has 0 bridgehead atoms. The highest BCUT2D eigenvalue weighted by Gasteiger charge is 2.44. The molecule has 1 fully saturated rings. The number of amides is 2. The van der Waals surface area contributed by atoms with Gasteiger partial charge < -0.3 is 10.2 Å². The van der Waals surface area contributed by atoms with Gasteiger partial charge in [0.25, 0.3) is 0 Å². The van der Waals surface area contributed by atoms with Gasteiger partial charge in [0.05, 0.1) is 0 Å². The predicted octanol–water partition coefficient (Wildman–Crippen LogP) is 2.09. The molecule has 0 saturated carbocycles. The number of hydrogen-bond acceptors (Lipinski definition) is 2. The number of rotatable bonds is 4. The monoisotopic (exact) mass is 306 g/mol. The summed E-state index contributed by atoms with van der Waals surface area (Å²) in [5, 5.41) is 2.79. The van der Waals surface area contributed by atoms with Crippen LogP contribution in [0.15, 0.2) is 41.9 Å². The van der Waals surface area contributed by atoms with E-state index in [-0.39, 0.29) is 11.8 Å². The third-order valence-corrected chi connectivity index (χ3v) is 3.75. The number of carbonyl (C=O) groups is 2. The van der Waals surface area contributed by atoms with E-state index in [1.54, 1.807) is 24.8 Å². The van der Waals surface area contributed by atoms with Crippen molar-refractivity contribution in [3.05, 3.63) is 47.5 Å². The van der Waals surface area contributed by atoms with Crippen LogP contribution in [0, 0.1) is 0 Å². The molecule has 1 atom stereocenters. The molecule has 0 radical (unpaired) electrons. The van der Waals surface area contributed by atoms with Crippen LogP contribution in [0.4, 0.5) is 0 Å². The zero-order chi connectivity index (χ0) is 15.5. The Bertz CT molecular complexity index is 555. The van der Waals surface area contributed by atoms with Crippen LogP contribution in [0.2, 0.25) is 0 Å². The number of carbonyl (C=O) groups excluding carboxylic acids is 2. The Balaban J connectivity index is 2.27. The standard InChI is InChI=1S/C16H19ClN2O2/c1-16(2)15(21)19(10-6-9-17)13(14(20)18-16)11-12-7-4-3-5-8-12/h3-9,13H,10-11H2,1-2H3,(H,18,20)/b9-6+. The van der Waals surface area contributed by atoms with E-state index in [1.807, 2.05) is 30.3 Å². The summed E-state index contributed by atoms with van der Waals surface area (Å²) in [5.41, 5.74) is 1.50. The number of benzene rings is 1. The Morgan fingerprint density at radius 2 is 1.95 bits per heavy atom. The molecule has 1 N–H and O–H groups in total. The van der Waals surface area contributed by atoms with E-state index in [0.29, 0.717) is 13.0 Å². The van der Waals surface area contributed by atoms with Crippen molar-refractivity contribution in [2.24, 2.45) is 0 Å². The molecular weight excluding hydrogens is 288 g/mol. The first-order valence-electron chi connectivity index (χ1n) is 6.88. The number of halogens is 1. The maximum absolute atomic E-state index is 12.5. The molecular formula is C16H19ClN2O2. The van der Waals surface area contributed by atoms with E-state index in [4.69, 9.17) is 11.6 Å². The summed E-state index contributed by atoms with van der Waals surface area (Å²) >= 11 is 5.56. The first-order chi connectivity index (χ1) is 9.95. The van der Waals surface area contributed by atoms with Crippen molar-refractivity contribution in [3.63, 3.8) is 0 Å². The van der Waals surface area contributed by atoms with Gasteiger partial charge in [-0.25, -0.2) is 0 Å². The van der Waals surface area contributed by atoms with Gasteiger partial charge in [-0.3, -0.25) is 9.59 Å². The number of piperazine rings is 1. The Morgan fingerprint density at radius 1 is 1.29 bits per heavy atom. The average Bonchev–Trinajstić information content (AvgIpc) is 2.45. The minimum absolute atomic E-state index is 0.0993. The highest BCUT2D eigenvalue weighted by atomic mass is 35.5. The third-order valence-electron chi connectivity index (χ3n) is 3.57. The van der Waals surface area contributed by atoms with E-state index < -0.39 is 11.6 Å². The van der Waals surface area contributed by atoms with Crippen LogP contribution in [-0.4, -0.2) is 34.8 Å². The Labute approximate surface area is 129 Å². The summed E-state index contributed by atoms with van der Waals surface area (Å²) in [6, 6.07) is 9.16. The minimum atomic E-state index is -0.884. The van der Waals surface area contributed by atoms with Crippen molar-refractivity contribution in [2.45, 2.75) is 31.8 Å². The van der Waals surface area contributed by atoms with E-state index >= 15 is 0 Å². The van der Waals surface area contributed by atoms with Crippen LogP contribution in [0.5, 0.6) is 0 Å². The van der Waals surface area contributed by atoms with E-state index in [9.17, 15) is 9.59 Å². The molecule has 1 heterocycles. The van der Waals surface area contributed by atoms with E-state index in [0.717, 1.165) is 5.56 Å². The molecule has 1 aromatic rings. The second kappa shape index (κ2) is 6.31. The Hall–Kier alpha value is -1.81. The van der Waals surface area contributed by atoms with Crippen molar-refractivity contribution < 1.29 is 9.59 Å². The van der Waals surface area contributed by atoms with Gasteiger partial charge >= 0.3 is 0 Å². The van der Waals surface area contributed by atoms with Crippen molar-refractivity contribution in [1.29, 1.82) is 0 Å². The number of hydrogen-bond donors (Lipinski definition) is 1. The molecule has 2 rings (SSSR count). The summed E-state index contributed by atoms with van der Waals surface area (Å²) in [6.45, 7) is 3.75. The van der Waals surface area contributed by atoms with Gasteiger partial charge in [0.2, 0.25) is 11.8 Å². The molecule has 1 aliphatic heterocycles. The molecule has 1 aromatic carbocycles. The third kappa shape index (κ3) is 3.45. The van der Waals surface area contributed by atoms with E-state index in [2.05, 4.69) is 5.32 Å². The summed E-state index contributed by atoms with van der Waals surface area (Å²) in [4.78, 5) is 26.5. The number of nitrogens with one attached hydrogen (secondary N) is 1. The summed E-state index contributed by atoms with van der Waals surface area (Å²) in [7, 11) is 0. The largest absolute Gasteiger partial charge is 0.340 e. The first kappa shape index (κ1) is 15.6. The fourth-order valence-electron chi connectivity index (χ4n) is 2.49. The fourth-order valence-corrected chi connectivity index (χ4v) is 2.57. The molecule has 0 spiro atoms. The van der Waals surface area contributed by atoms with Gasteiger partial charge in [-0.1, -0.05) is 48.0 Å².